The maximum Gasteiger partial charge on any atom is 0.133 e. The summed E-state index contributed by atoms with van der Waals surface area (Å²) in [6.07, 6.45) is 0. The first-order valence-corrected chi connectivity index (χ1v) is 6.01. The minimum absolute atomic E-state index is 0.145. The maximum absolute atomic E-state index is 9.07. The van der Waals surface area contributed by atoms with E-state index in [0.717, 1.165) is 21.4 Å². The third-order valence-electron chi connectivity index (χ3n) is 2.27. The summed E-state index contributed by atoms with van der Waals surface area (Å²) in [6, 6.07) is 5.86. The number of ether oxygens (including phenoxy) is 1. The highest BCUT2D eigenvalue weighted by atomic mass is 79.9. The molecule has 1 rings (SSSR count). The molecule has 16 heavy (non-hydrogen) atoms. The summed E-state index contributed by atoms with van der Waals surface area (Å²) in [5.74, 6) is 0.948. The number of rotatable bonds is 5. The van der Waals surface area contributed by atoms with Gasteiger partial charge in [0, 0.05) is 12.5 Å². The lowest BCUT2D eigenvalue weighted by molar-refractivity contribution is 0.273. The summed E-state index contributed by atoms with van der Waals surface area (Å²) < 4.78 is 6.47. The molecule has 0 amide bonds. The lowest BCUT2D eigenvalue weighted by Crippen LogP contribution is -2.01. The zero-order valence-electron chi connectivity index (χ0n) is 9.66. The third-order valence-corrected chi connectivity index (χ3v) is 2.89. The fourth-order valence-electron chi connectivity index (χ4n) is 1.25. The molecule has 0 spiro atoms. The van der Waals surface area contributed by atoms with Crippen LogP contribution in [-0.4, -0.2) is 18.3 Å². The maximum atomic E-state index is 9.07. The SMILES string of the molecule is C=C(C)COc1ccc(C(C)CO)cc1Br. The van der Waals surface area contributed by atoms with E-state index in [1.165, 1.54) is 0 Å². The van der Waals surface area contributed by atoms with Crippen LogP contribution in [0.15, 0.2) is 34.8 Å². The molecule has 1 aromatic carbocycles. The van der Waals surface area contributed by atoms with Crippen molar-refractivity contribution in [2.45, 2.75) is 19.8 Å². The third kappa shape index (κ3) is 3.65. The summed E-state index contributed by atoms with van der Waals surface area (Å²) >= 11 is 3.46. The standard InChI is InChI=1S/C13H17BrO2/c1-9(2)8-16-13-5-4-11(6-12(13)14)10(3)7-15/h4-6,10,15H,1,7-8H2,2-3H3. The Bertz CT molecular complexity index is 374. The van der Waals surface area contributed by atoms with Crippen molar-refractivity contribution >= 4 is 15.9 Å². The molecule has 0 radical (unpaired) electrons. The fraction of sp³-hybridized carbons (Fsp3) is 0.385. The van der Waals surface area contributed by atoms with Crippen molar-refractivity contribution in [1.82, 2.24) is 0 Å². The van der Waals surface area contributed by atoms with Crippen LogP contribution in [0, 0.1) is 0 Å². The number of benzene rings is 1. The fourth-order valence-corrected chi connectivity index (χ4v) is 1.76. The second-order valence-electron chi connectivity index (χ2n) is 4.02. The highest BCUT2D eigenvalue weighted by molar-refractivity contribution is 9.10. The highest BCUT2D eigenvalue weighted by Crippen LogP contribution is 2.29. The summed E-state index contributed by atoms with van der Waals surface area (Å²) in [5, 5.41) is 9.07. The summed E-state index contributed by atoms with van der Waals surface area (Å²) in [5.41, 5.74) is 2.08. The van der Waals surface area contributed by atoms with Gasteiger partial charge in [0.25, 0.3) is 0 Å². The van der Waals surface area contributed by atoms with Crippen LogP contribution >= 0.6 is 15.9 Å². The Morgan fingerprint density at radius 3 is 2.75 bits per heavy atom. The van der Waals surface area contributed by atoms with Crippen LogP contribution in [0.4, 0.5) is 0 Å². The minimum Gasteiger partial charge on any atom is -0.488 e. The molecule has 1 atom stereocenters. The summed E-state index contributed by atoms with van der Waals surface area (Å²) in [7, 11) is 0. The molecule has 0 aliphatic carbocycles. The van der Waals surface area contributed by atoms with Crippen LogP contribution in [0.3, 0.4) is 0 Å². The first kappa shape index (κ1) is 13.3. The number of halogens is 1. The van der Waals surface area contributed by atoms with Gasteiger partial charge in [-0.2, -0.15) is 0 Å². The molecular formula is C13H17BrO2. The lowest BCUT2D eigenvalue weighted by Gasteiger charge is -2.12. The van der Waals surface area contributed by atoms with Gasteiger partial charge in [0.05, 0.1) is 4.47 Å². The number of hydrogen-bond donors (Lipinski definition) is 1. The van der Waals surface area contributed by atoms with Gasteiger partial charge in [-0.25, -0.2) is 0 Å². The molecule has 1 N–H and O–H groups in total. The smallest absolute Gasteiger partial charge is 0.133 e. The van der Waals surface area contributed by atoms with Gasteiger partial charge in [-0.1, -0.05) is 19.6 Å². The molecule has 0 aromatic heterocycles. The van der Waals surface area contributed by atoms with Crippen molar-refractivity contribution in [3.8, 4) is 5.75 Å². The summed E-state index contributed by atoms with van der Waals surface area (Å²) in [4.78, 5) is 0. The Hall–Kier alpha value is -0.800. The molecule has 0 aliphatic rings. The van der Waals surface area contributed by atoms with E-state index in [1.54, 1.807) is 0 Å². The zero-order chi connectivity index (χ0) is 12.1. The van der Waals surface area contributed by atoms with E-state index in [9.17, 15) is 0 Å². The second-order valence-corrected chi connectivity index (χ2v) is 4.87. The first-order valence-electron chi connectivity index (χ1n) is 5.22. The highest BCUT2D eigenvalue weighted by Gasteiger charge is 2.07. The topological polar surface area (TPSA) is 29.5 Å². The van der Waals surface area contributed by atoms with Crippen molar-refractivity contribution < 1.29 is 9.84 Å². The molecule has 1 unspecified atom stereocenters. The van der Waals surface area contributed by atoms with Crippen molar-refractivity contribution in [1.29, 1.82) is 0 Å². The van der Waals surface area contributed by atoms with E-state index in [0.29, 0.717) is 6.61 Å². The van der Waals surface area contributed by atoms with Crippen LogP contribution in [0.2, 0.25) is 0 Å². The van der Waals surface area contributed by atoms with Gasteiger partial charge in [0.1, 0.15) is 12.4 Å². The molecule has 1 aromatic rings. The van der Waals surface area contributed by atoms with Crippen LogP contribution in [0.5, 0.6) is 5.75 Å². The Morgan fingerprint density at radius 2 is 2.25 bits per heavy atom. The number of aliphatic hydroxyl groups is 1. The van der Waals surface area contributed by atoms with Crippen molar-refractivity contribution in [2.75, 3.05) is 13.2 Å². The van der Waals surface area contributed by atoms with Gasteiger partial charge in [-0.3, -0.25) is 0 Å². The molecule has 0 bridgehead atoms. The Balaban J connectivity index is 2.79. The largest absolute Gasteiger partial charge is 0.488 e. The quantitative estimate of drug-likeness (QED) is 0.839. The van der Waals surface area contributed by atoms with Gasteiger partial charge in [0.2, 0.25) is 0 Å². The van der Waals surface area contributed by atoms with E-state index in [4.69, 9.17) is 9.84 Å². The van der Waals surface area contributed by atoms with E-state index in [2.05, 4.69) is 22.5 Å². The van der Waals surface area contributed by atoms with Gasteiger partial charge in [-0.15, -0.1) is 0 Å². The van der Waals surface area contributed by atoms with E-state index < -0.39 is 0 Å². The Morgan fingerprint density at radius 1 is 1.56 bits per heavy atom. The van der Waals surface area contributed by atoms with Gasteiger partial charge in [0.15, 0.2) is 0 Å². The predicted molar refractivity (Wildman–Crippen MR) is 70.0 cm³/mol. The Kier molecular flexibility index (Phi) is 5.03. The normalized spacial score (nSPS) is 12.2. The summed E-state index contributed by atoms with van der Waals surface area (Å²) in [6.45, 7) is 8.37. The molecule has 0 aliphatic heterocycles. The van der Waals surface area contributed by atoms with Gasteiger partial charge < -0.3 is 9.84 Å². The van der Waals surface area contributed by atoms with Crippen molar-refractivity contribution in [2.24, 2.45) is 0 Å². The van der Waals surface area contributed by atoms with Crippen LogP contribution in [-0.2, 0) is 0 Å². The monoisotopic (exact) mass is 284 g/mol. The Labute approximate surface area is 105 Å². The van der Waals surface area contributed by atoms with Crippen molar-refractivity contribution in [3.63, 3.8) is 0 Å². The average Bonchev–Trinajstić information content (AvgIpc) is 2.26. The van der Waals surface area contributed by atoms with Gasteiger partial charge >= 0.3 is 0 Å². The minimum atomic E-state index is 0.145. The molecule has 2 nitrogen and oxygen atoms in total. The number of aliphatic hydroxyl groups excluding tert-OH is 1. The molecule has 0 saturated carbocycles. The first-order chi connectivity index (χ1) is 7.54. The molecule has 3 heteroatoms. The van der Waals surface area contributed by atoms with E-state index >= 15 is 0 Å². The van der Waals surface area contributed by atoms with Crippen LogP contribution < -0.4 is 4.74 Å². The van der Waals surface area contributed by atoms with E-state index in [1.807, 2.05) is 32.0 Å². The zero-order valence-corrected chi connectivity index (χ0v) is 11.3. The second kappa shape index (κ2) is 6.06. The van der Waals surface area contributed by atoms with Crippen LogP contribution in [0.25, 0.3) is 0 Å². The van der Waals surface area contributed by atoms with E-state index in [-0.39, 0.29) is 12.5 Å². The molecule has 0 heterocycles. The molecule has 88 valence electrons. The molecule has 0 fully saturated rings. The number of hydrogen-bond acceptors (Lipinski definition) is 2. The molecule has 0 saturated heterocycles. The van der Waals surface area contributed by atoms with Crippen molar-refractivity contribution in [3.05, 3.63) is 40.4 Å². The van der Waals surface area contributed by atoms with Gasteiger partial charge in [-0.05, 0) is 46.1 Å². The average molecular weight is 285 g/mol. The molecular weight excluding hydrogens is 268 g/mol. The lowest BCUT2D eigenvalue weighted by atomic mass is 10.0. The predicted octanol–water partition coefficient (Wildman–Crippen LogP) is 3.50. The van der Waals surface area contributed by atoms with Crippen LogP contribution in [0.1, 0.15) is 25.3 Å².